The number of anilines is 1. The minimum absolute atomic E-state index is 0.0139. The fourth-order valence-corrected chi connectivity index (χ4v) is 2.29. The summed E-state index contributed by atoms with van der Waals surface area (Å²) in [6.45, 7) is 1.74. The third-order valence-electron chi connectivity index (χ3n) is 3.43. The highest BCUT2D eigenvalue weighted by Gasteiger charge is 2.39. The number of amides is 2. The maximum absolute atomic E-state index is 12.2. The van der Waals surface area contributed by atoms with Crippen molar-refractivity contribution in [3.63, 3.8) is 0 Å². The molecule has 0 aliphatic carbocycles. The molecule has 21 heavy (non-hydrogen) atoms. The van der Waals surface area contributed by atoms with Crippen molar-refractivity contribution in [1.29, 1.82) is 5.26 Å². The lowest BCUT2D eigenvalue weighted by atomic mass is 10.1. The highest BCUT2D eigenvalue weighted by molar-refractivity contribution is 5.93. The molecule has 0 aromatic heterocycles. The lowest BCUT2D eigenvalue weighted by Gasteiger charge is -2.22. The summed E-state index contributed by atoms with van der Waals surface area (Å²) in [5.74, 6) is -1.15. The van der Waals surface area contributed by atoms with E-state index in [9.17, 15) is 14.7 Å². The summed E-state index contributed by atoms with van der Waals surface area (Å²) in [5.41, 5.74) is 1.60. The van der Waals surface area contributed by atoms with E-state index in [2.05, 4.69) is 5.32 Å². The Kier molecular flexibility index (Phi) is 4.10. The van der Waals surface area contributed by atoms with E-state index in [0.717, 1.165) is 10.5 Å². The van der Waals surface area contributed by atoms with Crippen LogP contribution >= 0.6 is 0 Å². The van der Waals surface area contributed by atoms with Crippen molar-refractivity contribution in [2.75, 3.05) is 11.9 Å². The number of nitriles is 1. The molecule has 1 fully saturated rings. The number of aliphatic carboxylic acids is 1. The van der Waals surface area contributed by atoms with Gasteiger partial charge in [0.05, 0.1) is 17.7 Å². The molecule has 1 aliphatic heterocycles. The second kappa shape index (κ2) is 5.81. The highest BCUT2D eigenvalue weighted by Crippen LogP contribution is 2.22. The fraction of sp³-hybridized carbons (Fsp3) is 0.357. The Hall–Kier alpha value is -2.59. The molecule has 1 aromatic rings. The Balaban J connectivity index is 2.18. The molecule has 0 radical (unpaired) electrons. The van der Waals surface area contributed by atoms with Gasteiger partial charge in [-0.15, -0.1) is 0 Å². The van der Waals surface area contributed by atoms with Crippen molar-refractivity contribution >= 4 is 17.7 Å². The molecule has 2 amide bonds. The van der Waals surface area contributed by atoms with Gasteiger partial charge in [0.25, 0.3) is 0 Å². The summed E-state index contributed by atoms with van der Waals surface area (Å²) in [6, 6.07) is 5.18. The van der Waals surface area contributed by atoms with Gasteiger partial charge in [0, 0.05) is 18.7 Å². The van der Waals surface area contributed by atoms with Gasteiger partial charge in [0.15, 0.2) is 0 Å². The number of benzene rings is 1. The van der Waals surface area contributed by atoms with Crippen molar-refractivity contribution < 1.29 is 19.8 Å². The van der Waals surface area contributed by atoms with Crippen molar-refractivity contribution in [2.45, 2.75) is 25.5 Å². The number of carboxylic acids is 1. The van der Waals surface area contributed by atoms with Crippen molar-refractivity contribution in [1.82, 2.24) is 4.90 Å². The Morgan fingerprint density at radius 3 is 2.81 bits per heavy atom. The van der Waals surface area contributed by atoms with Gasteiger partial charge in [-0.3, -0.25) is 0 Å². The zero-order valence-corrected chi connectivity index (χ0v) is 11.4. The smallest absolute Gasteiger partial charge is 0.326 e. The summed E-state index contributed by atoms with van der Waals surface area (Å²) in [5, 5.41) is 30.1. The van der Waals surface area contributed by atoms with Crippen LogP contribution in [0.25, 0.3) is 0 Å². The molecule has 1 aliphatic rings. The van der Waals surface area contributed by atoms with Gasteiger partial charge in [-0.2, -0.15) is 5.26 Å². The van der Waals surface area contributed by atoms with Gasteiger partial charge >= 0.3 is 12.0 Å². The van der Waals surface area contributed by atoms with E-state index in [1.165, 1.54) is 6.07 Å². The zero-order valence-electron chi connectivity index (χ0n) is 11.4. The molecule has 0 bridgehead atoms. The van der Waals surface area contributed by atoms with Crippen LogP contribution in [0.4, 0.5) is 10.5 Å². The third-order valence-corrected chi connectivity index (χ3v) is 3.43. The molecule has 3 N–H and O–H groups in total. The van der Waals surface area contributed by atoms with Gasteiger partial charge in [-0.05, 0) is 24.6 Å². The van der Waals surface area contributed by atoms with Crippen molar-refractivity contribution in [3.05, 3.63) is 29.3 Å². The molecule has 1 saturated heterocycles. The van der Waals surface area contributed by atoms with Crippen LogP contribution in [0.5, 0.6) is 0 Å². The summed E-state index contributed by atoms with van der Waals surface area (Å²) >= 11 is 0. The highest BCUT2D eigenvalue weighted by atomic mass is 16.4. The normalized spacial score (nSPS) is 20.9. The SMILES string of the molecule is Cc1ccc(C#N)cc1NC(=O)N1CC(O)CC1C(=O)O. The van der Waals surface area contributed by atoms with Crippen LogP contribution in [0.3, 0.4) is 0 Å². The van der Waals surface area contributed by atoms with Gasteiger partial charge in [-0.1, -0.05) is 6.07 Å². The number of carboxylic acid groups (broad SMARTS) is 1. The molecular formula is C14H15N3O4. The van der Waals surface area contributed by atoms with Crippen LogP contribution in [0.1, 0.15) is 17.5 Å². The Labute approximate surface area is 121 Å². The van der Waals surface area contributed by atoms with E-state index in [4.69, 9.17) is 10.4 Å². The van der Waals surface area contributed by atoms with Crippen molar-refractivity contribution in [3.8, 4) is 6.07 Å². The van der Waals surface area contributed by atoms with Crippen LogP contribution in [0.15, 0.2) is 18.2 Å². The minimum atomic E-state index is -1.15. The van der Waals surface area contributed by atoms with E-state index < -0.39 is 24.1 Å². The number of nitrogens with zero attached hydrogens (tertiary/aromatic N) is 2. The molecule has 1 heterocycles. The molecule has 1 aromatic carbocycles. The standard InChI is InChI=1S/C14H15N3O4/c1-8-2-3-9(6-15)4-11(8)16-14(21)17-7-10(18)5-12(17)13(19)20/h2-4,10,12,18H,5,7H2,1H3,(H,16,21)(H,19,20). The lowest BCUT2D eigenvalue weighted by Crippen LogP contribution is -2.43. The van der Waals surface area contributed by atoms with Gasteiger partial charge in [0.2, 0.25) is 0 Å². The van der Waals surface area contributed by atoms with Gasteiger partial charge in [-0.25, -0.2) is 9.59 Å². The van der Waals surface area contributed by atoms with Gasteiger partial charge in [0.1, 0.15) is 6.04 Å². The molecule has 7 nitrogen and oxygen atoms in total. The van der Waals surface area contributed by atoms with E-state index in [-0.39, 0.29) is 13.0 Å². The largest absolute Gasteiger partial charge is 0.480 e. The molecule has 110 valence electrons. The predicted octanol–water partition coefficient (Wildman–Crippen LogP) is 0.918. The predicted molar refractivity (Wildman–Crippen MR) is 73.7 cm³/mol. The van der Waals surface area contributed by atoms with E-state index in [0.29, 0.717) is 11.3 Å². The number of carbonyl (C=O) groups excluding carboxylic acids is 1. The number of nitrogens with one attached hydrogen (secondary N) is 1. The van der Waals surface area contributed by atoms with Crippen LogP contribution in [-0.2, 0) is 4.79 Å². The first-order valence-corrected chi connectivity index (χ1v) is 6.41. The molecule has 2 unspecified atom stereocenters. The van der Waals surface area contributed by atoms with E-state index >= 15 is 0 Å². The third kappa shape index (κ3) is 3.12. The molecule has 2 rings (SSSR count). The number of β-amino-alcohol motifs (C(OH)–C–C–N with tert-alkyl or cyclic N) is 1. The first-order chi connectivity index (χ1) is 9.92. The first kappa shape index (κ1) is 14.8. The Morgan fingerprint density at radius 1 is 1.48 bits per heavy atom. The summed E-state index contributed by atoms with van der Waals surface area (Å²) in [6.07, 6.45) is -0.830. The molecule has 2 atom stereocenters. The topological polar surface area (TPSA) is 114 Å². The zero-order chi connectivity index (χ0) is 15.6. The number of carbonyl (C=O) groups is 2. The minimum Gasteiger partial charge on any atom is -0.480 e. The fourth-order valence-electron chi connectivity index (χ4n) is 2.29. The molecular weight excluding hydrogens is 274 g/mol. The van der Waals surface area contributed by atoms with E-state index in [1.807, 2.05) is 6.07 Å². The second-order valence-electron chi connectivity index (χ2n) is 4.97. The summed E-state index contributed by atoms with van der Waals surface area (Å²) in [7, 11) is 0. The average Bonchev–Trinajstić information content (AvgIpc) is 2.83. The first-order valence-electron chi connectivity index (χ1n) is 6.41. The Morgan fingerprint density at radius 2 is 2.19 bits per heavy atom. The lowest BCUT2D eigenvalue weighted by molar-refractivity contribution is -0.141. The number of urea groups is 1. The average molecular weight is 289 g/mol. The maximum Gasteiger partial charge on any atom is 0.326 e. The number of aliphatic hydroxyl groups excluding tert-OH is 1. The number of hydrogen-bond acceptors (Lipinski definition) is 4. The molecule has 7 heteroatoms. The van der Waals surface area contributed by atoms with Gasteiger partial charge < -0.3 is 20.4 Å². The number of hydrogen-bond donors (Lipinski definition) is 3. The number of aliphatic hydroxyl groups is 1. The van der Waals surface area contributed by atoms with Crippen LogP contribution in [0.2, 0.25) is 0 Å². The summed E-state index contributed by atoms with van der Waals surface area (Å²) < 4.78 is 0. The van der Waals surface area contributed by atoms with Crippen molar-refractivity contribution in [2.24, 2.45) is 0 Å². The van der Waals surface area contributed by atoms with E-state index in [1.54, 1.807) is 19.1 Å². The number of rotatable bonds is 2. The van der Waals surface area contributed by atoms with Crippen LogP contribution in [-0.4, -0.2) is 45.8 Å². The molecule has 0 saturated carbocycles. The van der Waals surface area contributed by atoms with Crippen LogP contribution in [0, 0.1) is 18.3 Å². The quantitative estimate of drug-likeness (QED) is 0.749. The Bertz CT molecular complexity index is 623. The monoisotopic (exact) mass is 289 g/mol. The maximum atomic E-state index is 12.2. The summed E-state index contributed by atoms with van der Waals surface area (Å²) in [4.78, 5) is 24.4. The van der Waals surface area contributed by atoms with Crippen LogP contribution < -0.4 is 5.32 Å². The number of aryl methyl sites for hydroxylation is 1. The molecule has 0 spiro atoms. The second-order valence-corrected chi connectivity index (χ2v) is 4.97. The number of likely N-dealkylation sites (tertiary alicyclic amines) is 1.